The lowest BCUT2D eigenvalue weighted by atomic mass is 10.1. The SMILES string of the molecule is O=C(O)C(Cc1c[nH]c2ccccc12)N=Cc1ccccc1. The van der Waals surface area contributed by atoms with Crippen LogP contribution < -0.4 is 0 Å². The molecular weight excluding hydrogens is 276 g/mol. The van der Waals surface area contributed by atoms with Gasteiger partial charge in [-0.25, -0.2) is 4.79 Å². The summed E-state index contributed by atoms with van der Waals surface area (Å²) >= 11 is 0. The van der Waals surface area contributed by atoms with Gasteiger partial charge in [0.15, 0.2) is 6.04 Å². The van der Waals surface area contributed by atoms with Crippen LogP contribution in [0.3, 0.4) is 0 Å². The van der Waals surface area contributed by atoms with Crippen molar-refractivity contribution in [2.24, 2.45) is 4.99 Å². The van der Waals surface area contributed by atoms with Gasteiger partial charge in [0.25, 0.3) is 0 Å². The third kappa shape index (κ3) is 3.06. The number of fused-ring (bicyclic) bond motifs is 1. The molecule has 3 rings (SSSR count). The van der Waals surface area contributed by atoms with Gasteiger partial charge in [0.1, 0.15) is 0 Å². The zero-order valence-electron chi connectivity index (χ0n) is 11.9. The number of nitrogens with one attached hydrogen (secondary N) is 1. The number of nitrogens with zero attached hydrogens (tertiary/aromatic N) is 1. The molecule has 4 heteroatoms. The highest BCUT2D eigenvalue weighted by atomic mass is 16.4. The number of aliphatic carboxylic acids is 1. The van der Waals surface area contributed by atoms with E-state index >= 15 is 0 Å². The Labute approximate surface area is 128 Å². The lowest BCUT2D eigenvalue weighted by Crippen LogP contribution is -2.20. The second-order valence-electron chi connectivity index (χ2n) is 5.11. The van der Waals surface area contributed by atoms with Gasteiger partial charge in [0, 0.05) is 29.7 Å². The fraction of sp³-hybridized carbons (Fsp3) is 0.111. The molecule has 0 saturated heterocycles. The van der Waals surface area contributed by atoms with Gasteiger partial charge in [0.2, 0.25) is 0 Å². The number of carboxylic acid groups (broad SMARTS) is 1. The molecule has 0 bridgehead atoms. The number of aliphatic imine (C=N–C) groups is 1. The molecule has 1 unspecified atom stereocenters. The predicted octanol–water partition coefficient (Wildman–Crippen LogP) is 3.28. The molecule has 0 aliphatic heterocycles. The summed E-state index contributed by atoms with van der Waals surface area (Å²) < 4.78 is 0. The fourth-order valence-corrected chi connectivity index (χ4v) is 2.43. The molecule has 0 aliphatic carbocycles. The Morgan fingerprint density at radius 2 is 1.86 bits per heavy atom. The molecule has 110 valence electrons. The molecule has 0 saturated carbocycles. The Morgan fingerprint density at radius 3 is 2.64 bits per heavy atom. The predicted molar refractivity (Wildman–Crippen MR) is 87.5 cm³/mol. The number of H-pyrrole nitrogens is 1. The molecule has 0 radical (unpaired) electrons. The largest absolute Gasteiger partial charge is 0.480 e. The van der Waals surface area contributed by atoms with E-state index in [9.17, 15) is 9.90 Å². The average molecular weight is 292 g/mol. The number of rotatable bonds is 5. The highest BCUT2D eigenvalue weighted by Crippen LogP contribution is 2.20. The summed E-state index contributed by atoms with van der Waals surface area (Å²) in [4.78, 5) is 18.9. The summed E-state index contributed by atoms with van der Waals surface area (Å²) in [6, 6.07) is 16.6. The first-order valence-corrected chi connectivity index (χ1v) is 7.10. The Bertz CT molecular complexity index is 806. The molecule has 0 fully saturated rings. The fourth-order valence-electron chi connectivity index (χ4n) is 2.43. The van der Waals surface area contributed by atoms with Crippen molar-refractivity contribution in [3.63, 3.8) is 0 Å². The van der Waals surface area contributed by atoms with Gasteiger partial charge in [-0.2, -0.15) is 0 Å². The summed E-state index contributed by atoms with van der Waals surface area (Å²) in [5.41, 5.74) is 2.87. The third-order valence-electron chi connectivity index (χ3n) is 3.58. The molecule has 0 amide bonds. The molecule has 1 atom stereocenters. The van der Waals surface area contributed by atoms with Crippen LogP contribution in [0, 0.1) is 0 Å². The number of aromatic nitrogens is 1. The molecule has 2 aromatic carbocycles. The Hall–Kier alpha value is -2.88. The number of hydrogen-bond acceptors (Lipinski definition) is 2. The molecule has 0 aliphatic rings. The van der Waals surface area contributed by atoms with Crippen LogP contribution in [0.25, 0.3) is 10.9 Å². The number of carbonyl (C=O) groups is 1. The first-order valence-electron chi connectivity index (χ1n) is 7.10. The van der Waals surface area contributed by atoms with E-state index in [-0.39, 0.29) is 0 Å². The lowest BCUT2D eigenvalue weighted by molar-refractivity contribution is -0.138. The normalized spacial score (nSPS) is 12.7. The highest BCUT2D eigenvalue weighted by Gasteiger charge is 2.18. The molecule has 2 N–H and O–H groups in total. The van der Waals surface area contributed by atoms with E-state index in [0.717, 1.165) is 22.0 Å². The van der Waals surface area contributed by atoms with Gasteiger partial charge in [-0.1, -0.05) is 48.5 Å². The maximum Gasteiger partial charge on any atom is 0.328 e. The zero-order valence-corrected chi connectivity index (χ0v) is 11.9. The minimum Gasteiger partial charge on any atom is -0.480 e. The number of para-hydroxylation sites is 1. The van der Waals surface area contributed by atoms with Gasteiger partial charge in [0.05, 0.1) is 0 Å². The van der Waals surface area contributed by atoms with Crippen LogP contribution in [0.5, 0.6) is 0 Å². The first kappa shape index (κ1) is 14.1. The van der Waals surface area contributed by atoms with Crippen LogP contribution >= 0.6 is 0 Å². The number of benzene rings is 2. The van der Waals surface area contributed by atoms with Gasteiger partial charge in [-0.15, -0.1) is 0 Å². The van der Waals surface area contributed by atoms with E-state index in [0.29, 0.717) is 6.42 Å². The monoisotopic (exact) mass is 292 g/mol. The second kappa shape index (κ2) is 6.26. The summed E-state index contributed by atoms with van der Waals surface area (Å²) in [6.07, 6.45) is 3.84. The Morgan fingerprint density at radius 1 is 1.14 bits per heavy atom. The Balaban J connectivity index is 1.83. The number of carboxylic acids is 1. The quantitative estimate of drug-likeness (QED) is 0.709. The van der Waals surface area contributed by atoms with Crippen LogP contribution in [0.15, 0.2) is 65.8 Å². The zero-order chi connectivity index (χ0) is 15.4. The van der Waals surface area contributed by atoms with E-state index in [4.69, 9.17) is 0 Å². The molecule has 0 spiro atoms. The average Bonchev–Trinajstić information content (AvgIpc) is 2.95. The molecule has 3 aromatic rings. The van der Waals surface area contributed by atoms with Gasteiger partial charge in [-0.05, 0) is 17.2 Å². The van der Waals surface area contributed by atoms with Crippen LogP contribution in [0.4, 0.5) is 0 Å². The summed E-state index contributed by atoms with van der Waals surface area (Å²) in [7, 11) is 0. The van der Waals surface area contributed by atoms with Crippen molar-refractivity contribution in [3.8, 4) is 0 Å². The molecule has 22 heavy (non-hydrogen) atoms. The van der Waals surface area contributed by atoms with E-state index in [1.807, 2.05) is 60.8 Å². The maximum absolute atomic E-state index is 11.5. The van der Waals surface area contributed by atoms with Gasteiger partial charge < -0.3 is 10.1 Å². The summed E-state index contributed by atoms with van der Waals surface area (Å²) in [5, 5.41) is 10.4. The van der Waals surface area contributed by atoms with Gasteiger partial charge >= 0.3 is 5.97 Å². The van der Waals surface area contributed by atoms with Crippen LogP contribution in [-0.4, -0.2) is 28.3 Å². The Kier molecular flexibility index (Phi) is 4.01. The smallest absolute Gasteiger partial charge is 0.328 e. The summed E-state index contributed by atoms with van der Waals surface area (Å²) in [6.45, 7) is 0. The maximum atomic E-state index is 11.5. The van der Waals surface area contributed by atoms with E-state index in [1.165, 1.54) is 0 Å². The van der Waals surface area contributed by atoms with Crippen LogP contribution in [0.2, 0.25) is 0 Å². The molecular formula is C18H16N2O2. The van der Waals surface area contributed by atoms with Crippen molar-refractivity contribution in [3.05, 3.63) is 71.9 Å². The third-order valence-corrected chi connectivity index (χ3v) is 3.58. The van der Waals surface area contributed by atoms with Crippen LogP contribution in [0.1, 0.15) is 11.1 Å². The minimum absolute atomic E-state index is 0.364. The van der Waals surface area contributed by atoms with Gasteiger partial charge in [-0.3, -0.25) is 4.99 Å². The van der Waals surface area contributed by atoms with E-state index in [1.54, 1.807) is 6.21 Å². The van der Waals surface area contributed by atoms with E-state index in [2.05, 4.69) is 9.98 Å². The second-order valence-corrected chi connectivity index (χ2v) is 5.11. The van der Waals surface area contributed by atoms with Crippen molar-refractivity contribution in [1.82, 2.24) is 4.98 Å². The lowest BCUT2D eigenvalue weighted by Gasteiger charge is -2.06. The van der Waals surface area contributed by atoms with Crippen LogP contribution in [-0.2, 0) is 11.2 Å². The van der Waals surface area contributed by atoms with Crippen molar-refractivity contribution in [2.45, 2.75) is 12.5 Å². The highest BCUT2D eigenvalue weighted by molar-refractivity contribution is 5.86. The number of hydrogen-bond donors (Lipinski definition) is 2. The van der Waals surface area contributed by atoms with Crippen molar-refractivity contribution >= 4 is 23.1 Å². The topological polar surface area (TPSA) is 65.4 Å². The first-order chi connectivity index (χ1) is 10.7. The molecule has 1 aromatic heterocycles. The molecule has 4 nitrogen and oxygen atoms in total. The minimum atomic E-state index is -0.919. The van der Waals surface area contributed by atoms with Crippen molar-refractivity contribution < 1.29 is 9.90 Å². The van der Waals surface area contributed by atoms with Crippen molar-refractivity contribution in [1.29, 1.82) is 0 Å². The summed E-state index contributed by atoms with van der Waals surface area (Å²) in [5.74, 6) is -0.919. The standard InChI is InChI=1S/C18H16N2O2/c21-18(22)17(19-11-13-6-2-1-3-7-13)10-14-12-20-16-9-5-4-8-15(14)16/h1-9,11-12,17,20H,10H2,(H,21,22). The van der Waals surface area contributed by atoms with E-state index < -0.39 is 12.0 Å². The van der Waals surface area contributed by atoms with Crippen molar-refractivity contribution in [2.75, 3.05) is 0 Å². The number of aromatic amines is 1. The molecule has 1 heterocycles.